The van der Waals surface area contributed by atoms with Gasteiger partial charge in [-0.25, -0.2) is 0 Å². The van der Waals surface area contributed by atoms with E-state index in [2.05, 4.69) is 20.4 Å². The van der Waals surface area contributed by atoms with Crippen molar-refractivity contribution in [1.29, 1.82) is 0 Å². The first-order valence-corrected chi connectivity index (χ1v) is 8.04. The van der Waals surface area contributed by atoms with Crippen molar-refractivity contribution < 1.29 is 14.1 Å². The first-order valence-electron chi connectivity index (χ1n) is 8.04. The molecule has 2 unspecified atom stereocenters. The monoisotopic (exact) mass is 328 g/mol. The Bertz CT molecular complexity index is 701. The van der Waals surface area contributed by atoms with Crippen molar-refractivity contribution in [2.45, 2.75) is 38.4 Å². The molecule has 2 atom stereocenters. The first kappa shape index (κ1) is 16.3. The molecule has 7 nitrogen and oxygen atoms in total. The van der Waals surface area contributed by atoms with Crippen molar-refractivity contribution in [3.8, 4) is 0 Å². The number of hydrogen-bond acceptors (Lipinski definition) is 6. The van der Waals surface area contributed by atoms with E-state index < -0.39 is 0 Å². The van der Waals surface area contributed by atoms with Gasteiger partial charge in [0.15, 0.2) is 5.69 Å². The number of carbonyl (C=O) groups is 2. The van der Waals surface area contributed by atoms with Crippen LogP contribution in [0.4, 0.5) is 0 Å². The third-order valence-electron chi connectivity index (χ3n) is 4.19. The number of carbonyl (C=O) groups excluding carboxylic acids is 2. The lowest BCUT2D eigenvalue weighted by Gasteiger charge is -2.19. The number of amides is 1. The van der Waals surface area contributed by atoms with Crippen LogP contribution in [0.3, 0.4) is 0 Å². The number of aldehydes is 1. The number of pyridine rings is 1. The summed E-state index contributed by atoms with van der Waals surface area (Å²) in [5.41, 5.74) is 1.32. The van der Waals surface area contributed by atoms with E-state index in [0.29, 0.717) is 31.7 Å². The van der Waals surface area contributed by atoms with Crippen molar-refractivity contribution in [3.63, 3.8) is 0 Å². The van der Waals surface area contributed by atoms with Gasteiger partial charge in [0.2, 0.25) is 0 Å². The molecule has 0 radical (unpaired) electrons. The Labute approximate surface area is 140 Å². The quantitative estimate of drug-likeness (QED) is 0.802. The summed E-state index contributed by atoms with van der Waals surface area (Å²) in [5, 5.41) is 6.71. The Morgan fingerprint density at radius 2 is 2.42 bits per heavy atom. The molecule has 0 aliphatic carbocycles. The second-order valence-electron chi connectivity index (χ2n) is 5.93. The van der Waals surface area contributed by atoms with Gasteiger partial charge in [0.1, 0.15) is 12.0 Å². The van der Waals surface area contributed by atoms with E-state index in [1.54, 1.807) is 18.5 Å². The number of hydrogen-bond donors (Lipinski definition) is 1. The van der Waals surface area contributed by atoms with Gasteiger partial charge in [-0.15, -0.1) is 0 Å². The highest BCUT2D eigenvalue weighted by molar-refractivity contribution is 5.92. The smallest absolute Gasteiger partial charge is 0.273 e. The molecule has 1 N–H and O–H groups in total. The van der Waals surface area contributed by atoms with Crippen LogP contribution in [0.25, 0.3) is 0 Å². The molecule has 1 aliphatic rings. The highest BCUT2D eigenvalue weighted by atomic mass is 16.5. The van der Waals surface area contributed by atoms with Crippen molar-refractivity contribution in [2.24, 2.45) is 0 Å². The molecule has 1 saturated heterocycles. The van der Waals surface area contributed by atoms with Crippen LogP contribution in [-0.4, -0.2) is 45.9 Å². The van der Waals surface area contributed by atoms with Gasteiger partial charge in [0.25, 0.3) is 5.91 Å². The van der Waals surface area contributed by atoms with E-state index >= 15 is 0 Å². The lowest BCUT2D eigenvalue weighted by molar-refractivity contribution is -0.111. The first-order chi connectivity index (χ1) is 11.7. The summed E-state index contributed by atoms with van der Waals surface area (Å²) in [7, 11) is 0. The summed E-state index contributed by atoms with van der Waals surface area (Å²) >= 11 is 0. The van der Waals surface area contributed by atoms with Gasteiger partial charge >= 0.3 is 0 Å². The molecule has 3 heterocycles. The van der Waals surface area contributed by atoms with Gasteiger partial charge in [-0.1, -0.05) is 18.1 Å². The van der Waals surface area contributed by atoms with Crippen LogP contribution in [0, 0.1) is 0 Å². The van der Waals surface area contributed by atoms with Crippen molar-refractivity contribution in [3.05, 3.63) is 47.6 Å². The molecular formula is C17H20N4O3. The topological polar surface area (TPSA) is 88.3 Å². The van der Waals surface area contributed by atoms with Gasteiger partial charge in [-0.3, -0.25) is 14.7 Å². The minimum absolute atomic E-state index is 0.0915. The number of aryl methyl sites for hydroxylation is 1. The van der Waals surface area contributed by atoms with E-state index in [1.807, 2.05) is 19.1 Å². The Balaban J connectivity index is 1.61. The molecule has 1 aliphatic heterocycles. The fraction of sp³-hybridized carbons (Fsp3) is 0.412. The van der Waals surface area contributed by atoms with Crippen molar-refractivity contribution in [2.75, 3.05) is 6.54 Å². The van der Waals surface area contributed by atoms with E-state index in [0.717, 1.165) is 11.8 Å². The summed E-state index contributed by atoms with van der Waals surface area (Å²) < 4.78 is 5.06. The van der Waals surface area contributed by atoms with Crippen LogP contribution >= 0.6 is 0 Å². The number of rotatable bonds is 6. The molecule has 1 amide bonds. The Morgan fingerprint density at radius 3 is 3.08 bits per heavy atom. The van der Waals surface area contributed by atoms with E-state index in [9.17, 15) is 9.59 Å². The molecule has 2 aromatic heterocycles. The average Bonchev–Trinajstić information content (AvgIpc) is 3.22. The minimum Gasteiger partial charge on any atom is -0.361 e. The molecule has 1 fully saturated rings. The Hall–Kier alpha value is -2.54. The van der Waals surface area contributed by atoms with Gasteiger partial charge in [-0.05, 0) is 18.1 Å². The SMILES string of the molecule is CCc1cc(C(=O)NC2CC(C=O)N(Cc3cccnc3)C2)no1. The largest absolute Gasteiger partial charge is 0.361 e. The highest BCUT2D eigenvalue weighted by Gasteiger charge is 2.33. The summed E-state index contributed by atoms with van der Waals surface area (Å²) in [6, 6.07) is 5.19. The second kappa shape index (κ2) is 7.35. The molecular weight excluding hydrogens is 308 g/mol. The van der Waals surface area contributed by atoms with Crippen LogP contribution in [0.5, 0.6) is 0 Å². The number of nitrogens with zero attached hydrogens (tertiary/aromatic N) is 3. The zero-order chi connectivity index (χ0) is 16.9. The normalized spacial score (nSPS) is 20.9. The fourth-order valence-corrected chi connectivity index (χ4v) is 2.93. The Kier molecular flexibility index (Phi) is 5.00. The zero-order valence-corrected chi connectivity index (χ0v) is 13.5. The van der Waals surface area contributed by atoms with Gasteiger partial charge in [0.05, 0.1) is 6.04 Å². The molecule has 7 heteroatoms. The molecule has 0 bridgehead atoms. The molecule has 0 saturated carbocycles. The lowest BCUT2D eigenvalue weighted by atomic mass is 10.2. The van der Waals surface area contributed by atoms with E-state index in [4.69, 9.17) is 4.52 Å². The molecule has 3 rings (SSSR count). The third kappa shape index (κ3) is 3.68. The zero-order valence-electron chi connectivity index (χ0n) is 13.5. The highest BCUT2D eigenvalue weighted by Crippen LogP contribution is 2.19. The standard InChI is InChI=1S/C17H20N4O3/c1-2-15-7-16(20-24-15)17(23)19-13-6-14(11-22)21(10-13)9-12-4-3-5-18-8-12/h3-5,7-8,11,13-14H,2,6,9-10H2,1H3,(H,19,23). The summed E-state index contributed by atoms with van der Waals surface area (Å²) in [5.74, 6) is 0.409. The van der Waals surface area contributed by atoms with Gasteiger partial charge < -0.3 is 14.6 Å². The predicted molar refractivity (Wildman–Crippen MR) is 86.3 cm³/mol. The summed E-state index contributed by atoms with van der Waals surface area (Å²) in [6.07, 6.45) is 5.73. The summed E-state index contributed by atoms with van der Waals surface area (Å²) in [6.45, 7) is 3.18. The van der Waals surface area contributed by atoms with Crippen LogP contribution in [0.1, 0.15) is 35.2 Å². The number of aromatic nitrogens is 2. The van der Waals surface area contributed by atoms with Gasteiger partial charge in [-0.2, -0.15) is 0 Å². The second-order valence-corrected chi connectivity index (χ2v) is 5.93. The van der Waals surface area contributed by atoms with E-state index in [1.165, 1.54) is 0 Å². The molecule has 0 spiro atoms. The maximum absolute atomic E-state index is 12.2. The minimum atomic E-state index is -0.267. The maximum atomic E-state index is 12.2. The van der Waals surface area contributed by atoms with Crippen LogP contribution in [-0.2, 0) is 17.8 Å². The third-order valence-corrected chi connectivity index (χ3v) is 4.19. The summed E-state index contributed by atoms with van der Waals surface area (Å²) in [4.78, 5) is 29.7. The number of nitrogens with one attached hydrogen (secondary N) is 1. The molecule has 0 aromatic carbocycles. The molecule has 2 aromatic rings. The molecule has 24 heavy (non-hydrogen) atoms. The van der Waals surface area contributed by atoms with Crippen molar-refractivity contribution in [1.82, 2.24) is 20.4 Å². The molecule has 126 valence electrons. The van der Waals surface area contributed by atoms with Crippen LogP contribution < -0.4 is 5.32 Å². The average molecular weight is 328 g/mol. The lowest BCUT2D eigenvalue weighted by Crippen LogP contribution is -2.37. The van der Waals surface area contributed by atoms with Gasteiger partial charge in [0, 0.05) is 44.0 Å². The van der Waals surface area contributed by atoms with Crippen molar-refractivity contribution >= 4 is 12.2 Å². The maximum Gasteiger partial charge on any atom is 0.273 e. The number of likely N-dealkylation sites (tertiary alicyclic amines) is 1. The Morgan fingerprint density at radius 1 is 1.54 bits per heavy atom. The van der Waals surface area contributed by atoms with Crippen LogP contribution in [0.15, 0.2) is 35.1 Å². The van der Waals surface area contributed by atoms with Crippen LogP contribution in [0.2, 0.25) is 0 Å². The van der Waals surface area contributed by atoms with E-state index in [-0.39, 0.29) is 23.7 Å². The predicted octanol–water partition coefficient (Wildman–Crippen LogP) is 1.20. The fourth-order valence-electron chi connectivity index (χ4n) is 2.93.